The lowest BCUT2D eigenvalue weighted by molar-refractivity contribution is 0.272. The van der Waals surface area contributed by atoms with Crippen LogP contribution >= 0.6 is 0 Å². The molecule has 1 nitrogen and oxygen atoms in total. The molecule has 0 N–H and O–H groups in total. The summed E-state index contributed by atoms with van der Waals surface area (Å²) in [5.41, 5.74) is 1.92. The van der Waals surface area contributed by atoms with Gasteiger partial charge < -0.3 is 4.43 Å². The summed E-state index contributed by atoms with van der Waals surface area (Å²) in [4.78, 5) is 0. The second kappa shape index (κ2) is 6.04. The molecule has 1 atom stereocenters. The predicted molar refractivity (Wildman–Crippen MR) is 44.1 cm³/mol. The summed E-state index contributed by atoms with van der Waals surface area (Å²) in [5, 5.41) is 0. The monoisotopic (exact) mass is 144 g/mol. The maximum absolute atomic E-state index is 5.36. The molecular weight excluding hydrogens is 128 g/mol. The Morgan fingerprint density at radius 2 is 2.44 bits per heavy atom. The van der Waals surface area contributed by atoms with Crippen LogP contribution in [0, 0.1) is 5.92 Å². The van der Waals surface area contributed by atoms with Gasteiger partial charge in [-0.25, -0.2) is 0 Å². The van der Waals surface area contributed by atoms with Crippen molar-refractivity contribution in [3.8, 4) is 0 Å². The molecule has 9 heavy (non-hydrogen) atoms. The Balaban J connectivity index is 2.96. The summed E-state index contributed by atoms with van der Waals surface area (Å²) in [6.45, 7) is 8.94. The van der Waals surface area contributed by atoms with Crippen LogP contribution in [-0.4, -0.2) is 16.4 Å². The Bertz CT molecular complexity index is 73.3. The minimum atomic E-state index is -0.367. The molecule has 0 radical (unpaired) electrons. The minimum absolute atomic E-state index is 0.367. The smallest absolute Gasteiger partial charge is 0.184 e. The van der Waals surface area contributed by atoms with Crippen molar-refractivity contribution >= 4 is 9.76 Å². The van der Waals surface area contributed by atoms with E-state index in [4.69, 9.17) is 4.43 Å². The summed E-state index contributed by atoms with van der Waals surface area (Å²) in [5.74, 6) is 0.720. The van der Waals surface area contributed by atoms with Gasteiger partial charge in [-0.3, -0.25) is 0 Å². The van der Waals surface area contributed by atoms with Crippen molar-refractivity contribution < 1.29 is 4.43 Å². The van der Waals surface area contributed by atoms with Crippen LogP contribution in [0.25, 0.3) is 0 Å². The second-order valence-corrected chi connectivity index (χ2v) is 3.66. The normalized spacial score (nSPS) is 14.4. The highest BCUT2D eigenvalue weighted by Gasteiger charge is 1.95. The molecule has 0 saturated carbocycles. The molecule has 0 heterocycles. The molecular formula is C7H16OSi. The zero-order valence-corrected chi connectivity index (χ0v) is 7.81. The van der Waals surface area contributed by atoms with Gasteiger partial charge in [0.1, 0.15) is 0 Å². The van der Waals surface area contributed by atoms with Gasteiger partial charge in [0.2, 0.25) is 0 Å². The molecule has 0 aromatic rings. The van der Waals surface area contributed by atoms with E-state index >= 15 is 0 Å². The van der Waals surface area contributed by atoms with E-state index < -0.39 is 0 Å². The maximum atomic E-state index is 5.36. The van der Waals surface area contributed by atoms with Gasteiger partial charge >= 0.3 is 0 Å². The lowest BCUT2D eigenvalue weighted by Crippen LogP contribution is -2.06. The van der Waals surface area contributed by atoms with Gasteiger partial charge in [-0.05, 0) is 5.92 Å². The van der Waals surface area contributed by atoms with E-state index in [0.29, 0.717) is 0 Å². The fourth-order valence-corrected chi connectivity index (χ4v) is 1.18. The minimum Gasteiger partial charge on any atom is -0.419 e. The summed E-state index contributed by atoms with van der Waals surface area (Å²) in [6, 6.07) is 0. The van der Waals surface area contributed by atoms with Gasteiger partial charge in [0.05, 0.1) is 0 Å². The van der Waals surface area contributed by atoms with Crippen LogP contribution in [0.3, 0.4) is 0 Å². The van der Waals surface area contributed by atoms with E-state index in [1.165, 1.54) is 6.42 Å². The van der Waals surface area contributed by atoms with Gasteiger partial charge in [-0.1, -0.05) is 26.0 Å². The van der Waals surface area contributed by atoms with Crippen LogP contribution in [0.1, 0.15) is 20.3 Å². The third-order valence-electron chi connectivity index (χ3n) is 1.33. The van der Waals surface area contributed by atoms with Gasteiger partial charge in [0.25, 0.3) is 0 Å². The third kappa shape index (κ3) is 5.79. The predicted octanol–water partition coefficient (Wildman–Crippen LogP) is 1.28. The van der Waals surface area contributed by atoms with Gasteiger partial charge in [0, 0.05) is 6.61 Å². The van der Waals surface area contributed by atoms with Crippen molar-refractivity contribution in [1.82, 2.24) is 0 Å². The molecule has 0 rings (SSSR count). The topological polar surface area (TPSA) is 9.23 Å². The van der Waals surface area contributed by atoms with Crippen molar-refractivity contribution in [2.45, 2.75) is 20.3 Å². The van der Waals surface area contributed by atoms with E-state index in [0.717, 1.165) is 12.5 Å². The Hall–Kier alpha value is -0.0831. The molecule has 0 spiro atoms. The molecule has 0 fully saturated rings. The molecule has 0 aromatic heterocycles. The van der Waals surface area contributed by atoms with Crippen molar-refractivity contribution in [2.75, 3.05) is 6.61 Å². The van der Waals surface area contributed by atoms with Crippen LogP contribution in [0.4, 0.5) is 0 Å². The van der Waals surface area contributed by atoms with Crippen LogP contribution < -0.4 is 0 Å². The number of hydrogen-bond acceptors (Lipinski definition) is 1. The fraction of sp³-hybridized carbons (Fsp3) is 0.714. The van der Waals surface area contributed by atoms with Crippen molar-refractivity contribution in [3.63, 3.8) is 0 Å². The van der Waals surface area contributed by atoms with Gasteiger partial charge in [-0.15, -0.1) is 6.58 Å². The van der Waals surface area contributed by atoms with Crippen LogP contribution in [0.15, 0.2) is 12.3 Å². The number of rotatable bonds is 5. The average Bonchev–Trinajstić information content (AvgIpc) is 1.89. The van der Waals surface area contributed by atoms with Crippen molar-refractivity contribution in [1.29, 1.82) is 0 Å². The molecule has 0 aromatic carbocycles. The Kier molecular flexibility index (Phi) is 5.99. The lowest BCUT2D eigenvalue weighted by atomic mass is 10.1. The molecule has 0 saturated heterocycles. The summed E-state index contributed by atoms with van der Waals surface area (Å²) < 4.78 is 5.36. The van der Waals surface area contributed by atoms with Crippen LogP contribution in [0.2, 0.25) is 0 Å². The fourth-order valence-electron chi connectivity index (χ4n) is 0.470. The Morgan fingerprint density at radius 3 is 2.89 bits per heavy atom. The Labute approximate surface area is 60.1 Å². The molecule has 0 amide bonds. The standard InChI is InChI=1S/C7H16OSi/c1-4-7(3)6-8-9-5-2/h5,7H,2,4,6,9H2,1,3H3. The Morgan fingerprint density at radius 1 is 1.78 bits per heavy atom. The molecule has 2 heteroatoms. The lowest BCUT2D eigenvalue weighted by Gasteiger charge is -2.06. The van der Waals surface area contributed by atoms with E-state index in [2.05, 4.69) is 20.4 Å². The van der Waals surface area contributed by atoms with E-state index in [1.807, 2.05) is 5.70 Å². The van der Waals surface area contributed by atoms with Crippen LogP contribution in [-0.2, 0) is 4.43 Å². The van der Waals surface area contributed by atoms with Gasteiger partial charge in [-0.2, -0.15) is 0 Å². The SMILES string of the molecule is C=C[SiH2]OCC(C)CC. The summed E-state index contributed by atoms with van der Waals surface area (Å²) in [6.07, 6.45) is 1.21. The molecule has 1 unspecified atom stereocenters. The third-order valence-corrected chi connectivity index (χ3v) is 2.04. The molecule has 0 aliphatic heterocycles. The number of hydrogen-bond donors (Lipinski definition) is 0. The maximum Gasteiger partial charge on any atom is 0.184 e. The van der Waals surface area contributed by atoms with Crippen LogP contribution in [0.5, 0.6) is 0 Å². The van der Waals surface area contributed by atoms with E-state index in [9.17, 15) is 0 Å². The van der Waals surface area contributed by atoms with Crippen molar-refractivity contribution in [3.05, 3.63) is 12.3 Å². The van der Waals surface area contributed by atoms with Crippen molar-refractivity contribution in [2.24, 2.45) is 5.92 Å². The second-order valence-electron chi connectivity index (χ2n) is 2.34. The first kappa shape index (κ1) is 8.92. The highest BCUT2D eigenvalue weighted by Crippen LogP contribution is 1.99. The summed E-state index contributed by atoms with van der Waals surface area (Å²) >= 11 is 0. The highest BCUT2D eigenvalue weighted by molar-refractivity contribution is 6.33. The first-order valence-corrected chi connectivity index (χ1v) is 4.89. The zero-order valence-electron chi connectivity index (χ0n) is 6.39. The molecule has 54 valence electrons. The first-order chi connectivity index (χ1) is 4.31. The highest BCUT2D eigenvalue weighted by atomic mass is 28.2. The summed E-state index contributed by atoms with van der Waals surface area (Å²) in [7, 11) is -0.367. The average molecular weight is 144 g/mol. The van der Waals surface area contributed by atoms with E-state index in [-0.39, 0.29) is 9.76 Å². The first-order valence-electron chi connectivity index (χ1n) is 3.49. The van der Waals surface area contributed by atoms with E-state index in [1.54, 1.807) is 0 Å². The molecule has 0 bridgehead atoms. The molecule has 0 aliphatic carbocycles. The zero-order chi connectivity index (χ0) is 7.11. The largest absolute Gasteiger partial charge is 0.419 e. The van der Waals surface area contributed by atoms with Gasteiger partial charge in [0.15, 0.2) is 9.76 Å². The quantitative estimate of drug-likeness (QED) is 0.417. The molecule has 0 aliphatic rings.